The number of ether oxygens (including phenoxy) is 1. The molecule has 0 spiro atoms. The first-order valence-electron chi connectivity index (χ1n) is 6.77. The maximum atomic E-state index is 13.6. The summed E-state index contributed by atoms with van der Waals surface area (Å²) in [6.45, 7) is 4.17. The molecule has 0 heterocycles. The molecule has 2 N–H and O–H groups in total. The minimum absolute atomic E-state index is 0.251. The van der Waals surface area contributed by atoms with E-state index >= 15 is 0 Å². The Morgan fingerprint density at radius 1 is 1.19 bits per heavy atom. The van der Waals surface area contributed by atoms with Crippen molar-refractivity contribution in [1.82, 2.24) is 0 Å². The Morgan fingerprint density at radius 3 is 2.52 bits per heavy atom. The molecule has 0 saturated carbocycles. The van der Waals surface area contributed by atoms with E-state index in [0.29, 0.717) is 16.6 Å². The van der Waals surface area contributed by atoms with Crippen molar-refractivity contribution in [1.29, 1.82) is 0 Å². The van der Waals surface area contributed by atoms with Gasteiger partial charge in [-0.1, -0.05) is 18.2 Å². The summed E-state index contributed by atoms with van der Waals surface area (Å²) in [4.78, 5) is 0. The Bertz CT molecular complexity index is 657. The minimum atomic E-state index is -0.353. The van der Waals surface area contributed by atoms with Crippen molar-refractivity contribution in [3.05, 3.63) is 62.9 Å². The second-order valence-electron chi connectivity index (χ2n) is 5.24. The fourth-order valence-electron chi connectivity index (χ4n) is 2.30. The quantitative estimate of drug-likeness (QED) is 0.882. The van der Waals surface area contributed by atoms with Gasteiger partial charge in [-0.2, -0.15) is 0 Å². The van der Waals surface area contributed by atoms with E-state index in [4.69, 9.17) is 10.5 Å². The second kappa shape index (κ2) is 6.58. The summed E-state index contributed by atoms with van der Waals surface area (Å²) in [6, 6.07) is 9.11. The van der Waals surface area contributed by atoms with Crippen LogP contribution in [-0.2, 0) is 6.42 Å². The SMILES string of the molecule is COc1cc(F)c(Br)cc1C(N)Cc1ccc(C)c(C)c1. The van der Waals surface area contributed by atoms with Crippen LogP contribution in [-0.4, -0.2) is 7.11 Å². The molecule has 1 atom stereocenters. The Hall–Kier alpha value is -1.39. The lowest BCUT2D eigenvalue weighted by Crippen LogP contribution is -2.15. The Balaban J connectivity index is 2.29. The van der Waals surface area contributed by atoms with Gasteiger partial charge in [0.2, 0.25) is 0 Å². The number of halogens is 2. The number of hydrogen-bond donors (Lipinski definition) is 1. The highest BCUT2D eigenvalue weighted by atomic mass is 79.9. The van der Waals surface area contributed by atoms with E-state index in [2.05, 4.69) is 48.0 Å². The van der Waals surface area contributed by atoms with E-state index in [1.807, 2.05) is 0 Å². The van der Waals surface area contributed by atoms with Crippen LogP contribution in [0.4, 0.5) is 4.39 Å². The molecule has 0 aliphatic heterocycles. The fraction of sp³-hybridized carbons (Fsp3) is 0.294. The number of benzene rings is 2. The molecule has 112 valence electrons. The van der Waals surface area contributed by atoms with E-state index in [-0.39, 0.29) is 11.9 Å². The molecule has 1 unspecified atom stereocenters. The van der Waals surface area contributed by atoms with Crippen molar-refractivity contribution in [3.63, 3.8) is 0 Å². The third-order valence-corrected chi connectivity index (χ3v) is 4.31. The van der Waals surface area contributed by atoms with E-state index in [1.165, 1.54) is 24.3 Å². The second-order valence-corrected chi connectivity index (χ2v) is 6.09. The summed E-state index contributed by atoms with van der Waals surface area (Å²) in [5.74, 6) is 0.126. The highest BCUT2D eigenvalue weighted by Crippen LogP contribution is 2.31. The molecule has 0 amide bonds. The molecule has 0 aromatic heterocycles. The maximum absolute atomic E-state index is 13.6. The number of methoxy groups -OCH3 is 1. The summed E-state index contributed by atoms with van der Waals surface area (Å²) in [6.07, 6.45) is 0.676. The van der Waals surface area contributed by atoms with Crippen LogP contribution in [0.15, 0.2) is 34.8 Å². The first kappa shape index (κ1) is 16.0. The lowest BCUT2D eigenvalue weighted by Gasteiger charge is -2.17. The van der Waals surface area contributed by atoms with Crippen LogP contribution in [0.5, 0.6) is 5.75 Å². The van der Waals surface area contributed by atoms with E-state index in [1.54, 1.807) is 6.07 Å². The highest BCUT2D eigenvalue weighted by Gasteiger charge is 2.16. The number of nitrogens with two attached hydrogens (primary N) is 1. The van der Waals surface area contributed by atoms with Crippen LogP contribution in [0.3, 0.4) is 0 Å². The molecule has 2 aromatic rings. The third-order valence-electron chi connectivity index (χ3n) is 3.70. The van der Waals surface area contributed by atoms with Gasteiger partial charge in [-0.25, -0.2) is 4.39 Å². The summed E-state index contributed by atoms with van der Waals surface area (Å²) in [7, 11) is 1.52. The lowest BCUT2D eigenvalue weighted by molar-refractivity contribution is 0.401. The molecule has 0 aliphatic rings. The van der Waals surface area contributed by atoms with Crippen molar-refractivity contribution in [2.24, 2.45) is 5.73 Å². The standard InChI is InChI=1S/C17H19BrFNO/c1-10-4-5-12(6-11(10)2)7-16(20)13-8-14(18)15(19)9-17(13)21-3/h4-6,8-9,16H,7,20H2,1-3H3. The normalized spacial score (nSPS) is 12.3. The van der Waals surface area contributed by atoms with Gasteiger partial charge in [0.05, 0.1) is 11.6 Å². The van der Waals surface area contributed by atoms with Crippen LogP contribution in [0.1, 0.15) is 28.3 Å². The predicted octanol–water partition coefficient (Wildman–Crippen LogP) is 4.46. The average Bonchev–Trinajstić information content (AvgIpc) is 2.45. The number of hydrogen-bond acceptors (Lipinski definition) is 2. The minimum Gasteiger partial charge on any atom is -0.496 e. The molecule has 2 nitrogen and oxygen atoms in total. The van der Waals surface area contributed by atoms with Gasteiger partial charge in [0, 0.05) is 17.7 Å². The van der Waals surface area contributed by atoms with Crippen molar-refractivity contribution >= 4 is 15.9 Å². The van der Waals surface area contributed by atoms with Gasteiger partial charge in [-0.3, -0.25) is 0 Å². The van der Waals surface area contributed by atoms with Crippen molar-refractivity contribution in [3.8, 4) is 5.75 Å². The Kier molecular flexibility index (Phi) is 5.01. The van der Waals surface area contributed by atoms with Crippen molar-refractivity contribution in [2.75, 3.05) is 7.11 Å². The Labute approximate surface area is 133 Å². The Morgan fingerprint density at radius 2 is 1.90 bits per heavy atom. The van der Waals surface area contributed by atoms with Gasteiger partial charge in [-0.15, -0.1) is 0 Å². The van der Waals surface area contributed by atoms with Crippen LogP contribution >= 0.6 is 15.9 Å². The zero-order chi connectivity index (χ0) is 15.6. The van der Waals surface area contributed by atoms with E-state index in [9.17, 15) is 4.39 Å². The molecule has 0 fully saturated rings. The number of rotatable bonds is 4. The molecule has 2 rings (SSSR count). The summed E-state index contributed by atoms with van der Waals surface area (Å²) in [5.41, 5.74) is 10.7. The summed E-state index contributed by atoms with van der Waals surface area (Å²) >= 11 is 3.20. The topological polar surface area (TPSA) is 35.2 Å². The smallest absolute Gasteiger partial charge is 0.141 e. The predicted molar refractivity (Wildman–Crippen MR) is 87.2 cm³/mol. The third kappa shape index (κ3) is 3.63. The lowest BCUT2D eigenvalue weighted by atomic mass is 9.96. The molecule has 21 heavy (non-hydrogen) atoms. The maximum Gasteiger partial charge on any atom is 0.141 e. The average molecular weight is 352 g/mol. The van der Waals surface area contributed by atoms with Crippen LogP contribution in [0, 0.1) is 19.7 Å². The molecule has 2 aromatic carbocycles. The summed E-state index contributed by atoms with van der Waals surface area (Å²) in [5, 5.41) is 0. The monoisotopic (exact) mass is 351 g/mol. The van der Waals surface area contributed by atoms with Gasteiger partial charge < -0.3 is 10.5 Å². The van der Waals surface area contributed by atoms with Crippen LogP contribution in [0.25, 0.3) is 0 Å². The first-order valence-corrected chi connectivity index (χ1v) is 7.56. The molecule has 4 heteroatoms. The van der Waals surface area contributed by atoms with Crippen molar-refractivity contribution < 1.29 is 9.13 Å². The van der Waals surface area contributed by atoms with E-state index in [0.717, 1.165) is 11.1 Å². The van der Waals surface area contributed by atoms with Crippen LogP contribution < -0.4 is 10.5 Å². The first-order chi connectivity index (χ1) is 9.92. The van der Waals surface area contributed by atoms with Gasteiger partial charge in [0.1, 0.15) is 11.6 Å². The van der Waals surface area contributed by atoms with Gasteiger partial charge in [0.15, 0.2) is 0 Å². The van der Waals surface area contributed by atoms with Crippen molar-refractivity contribution in [2.45, 2.75) is 26.3 Å². The van der Waals surface area contributed by atoms with Gasteiger partial charge >= 0.3 is 0 Å². The molecule has 0 radical (unpaired) electrons. The zero-order valence-corrected chi connectivity index (χ0v) is 14.0. The van der Waals surface area contributed by atoms with Crippen LogP contribution in [0.2, 0.25) is 0 Å². The fourth-order valence-corrected chi connectivity index (χ4v) is 2.67. The largest absolute Gasteiger partial charge is 0.496 e. The summed E-state index contributed by atoms with van der Waals surface area (Å²) < 4.78 is 19.2. The highest BCUT2D eigenvalue weighted by molar-refractivity contribution is 9.10. The zero-order valence-electron chi connectivity index (χ0n) is 12.4. The van der Waals surface area contributed by atoms with Gasteiger partial charge in [0.25, 0.3) is 0 Å². The molecule has 0 bridgehead atoms. The molecule has 0 saturated heterocycles. The molecular weight excluding hydrogens is 333 g/mol. The number of aryl methyl sites for hydroxylation is 2. The van der Waals surface area contributed by atoms with Gasteiger partial charge in [-0.05, 0) is 59.0 Å². The molecular formula is C17H19BrFNO. The molecule has 0 aliphatic carbocycles. The van der Waals surface area contributed by atoms with E-state index < -0.39 is 0 Å².